The third-order valence-corrected chi connectivity index (χ3v) is 3.58. The second kappa shape index (κ2) is 3.90. The van der Waals surface area contributed by atoms with Gasteiger partial charge in [-0.15, -0.1) is 0 Å². The number of fused-ring (bicyclic) bond motifs is 2. The van der Waals surface area contributed by atoms with Crippen LogP contribution in [-0.4, -0.2) is 0 Å². The van der Waals surface area contributed by atoms with E-state index in [1.807, 2.05) is 0 Å². The minimum Gasteiger partial charge on any atom is -0.454 e. The minimum atomic E-state index is -0.206. The summed E-state index contributed by atoms with van der Waals surface area (Å²) >= 11 is 11.9. The van der Waals surface area contributed by atoms with Crippen LogP contribution in [0.3, 0.4) is 0 Å². The van der Waals surface area contributed by atoms with E-state index in [1.165, 1.54) is 0 Å². The molecule has 0 saturated heterocycles. The van der Waals surface area contributed by atoms with Crippen molar-refractivity contribution in [2.45, 2.75) is 0 Å². The van der Waals surface area contributed by atoms with Crippen molar-refractivity contribution in [3.05, 3.63) is 50.6 Å². The van der Waals surface area contributed by atoms with Gasteiger partial charge in [-0.05, 0) is 24.3 Å². The fraction of sp³-hybridized carbons (Fsp3) is 0. The zero-order chi connectivity index (χ0) is 12.9. The molecule has 18 heavy (non-hydrogen) atoms. The van der Waals surface area contributed by atoms with E-state index in [4.69, 9.17) is 33.4 Å². The molecule has 0 atom stereocenters. The number of rotatable bonds is 0. The number of nitrogens with two attached hydrogens (primary N) is 1. The Hall–Kier alpha value is -1.71. The summed E-state index contributed by atoms with van der Waals surface area (Å²) < 4.78 is 5.62. The molecule has 3 rings (SSSR count). The van der Waals surface area contributed by atoms with Crippen molar-refractivity contribution < 1.29 is 4.42 Å². The molecule has 2 N–H and O–H groups in total. The van der Waals surface area contributed by atoms with E-state index in [9.17, 15) is 4.79 Å². The predicted molar refractivity (Wildman–Crippen MR) is 74.4 cm³/mol. The molecule has 1 aromatic heterocycles. The number of benzene rings is 2. The van der Waals surface area contributed by atoms with Crippen LogP contribution in [-0.2, 0) is 0 Å². The van der Waals surface area contributed by atoms with Gasteiger partial charge in [0.2, 0.25) is 5.43 Å². The Morgan fingerprint density at radius 1 is 1.11 bits per heavy atom. The lowest BCUT2D eigenvalue weighted by molar-refractivity contribution is 0.660. The maximum atomic E-state index is 12.3. The monoisotopic (exact) mass is 279 g/mol. The number of anilines is 1. The molecule has 3 nitrogen and oxygen atoms in total. The largest absolute Gasteiger partial charge is 0.454 e. The SMILES string of the molecule is Nc1cccc2oc3c(Cl)c(Cl)ccc3c(=O)c12. The fourth-order valence-corrected chi connectivity index (χ4v) is 2.28. The van der Waals surface area contributed by atoms with Crippen LogP contribution in [0.2, 0.25) is 10.0 Å². The van der Waals surface area contributed by atoms with E-state index in [2.05, 4.69) is 0 Å². The molecule has 0 bridgehead atoms. The summed E-state index contributed by atoms with van der Waals surface area (Å²) in [6.45, 7) is 0. The van der Waals surface area contributed by atoms with Gasteiger partial charge < -0.3 is 10.2 Å². The van der Waals surface area contributed by atoms with Crippen molar-refractivity contribution in [2.24, 2.45) is 0 Å². The van der Waals surface area contributed by atoms with Crippen LogP contribution in [0.5, 0.6) is 0 Å². The van der Waals surface area contributed by atoms with Crippen molar-refractivity contribution in [1.29, 1.82) is 0 Å². The van der Waals surface area contributed by atoms with Gasteiger partial charge in [-0.2, -0.15) is 0 Å². The third kappa shape index (κ3) is 1.48. The molecule has 0 radical (unpaired) electrons. The summed E-state index contributed by atoms with van der Waals surface area (Å²) in [6.07, 6.45) is 0. The Morgan fingerprint density at radius 2 is 1.89 bits per heavy atom. The Kier molecular flexibility index (Phi) is 2.47. The van der Waals surface area contributed by atoms with Crippen LogP contribution in [0.4, 0.5) is 5.69 Å². The van der Waals surface area contributed by atoms with Crippen LogP contribution >= 0.6 is 23.2 Å². The Bertz CT molecular complexity index is 840. The predicted octanol–water partition coefficient (Wildman–Crippen LogP) is 3.84. The standard InChI is InChI=1S/C13H7Cl2NO2/c14-7-5-4-6-12(17)10-8(16)2-1-3-9(10)18-13(6)11(7)15/h1-5H,16H2. The topological polar surface area (TPSA) is 56.2 Å². The number of nitrogen functional groups attached to an aromatic ring is 1. The van der Waals surface area contributed by atoms with Crippen molar-refractivity contribution in [3.8, 4) is 0 Å². The van der Waals surface area contributed by atoms with Crippen molar-refractivity contribution in [2.75, 3.05) is 5.73 Å². The van der Waals surface area contributed by atoms with E-state index in [0.29, 0.717) is 27.1 Å². The number of halogens is 2. The number of hydrogen-bond acceptors (Lipinski definition) is 3. The van der Waals surface area contributed by atoms with Gasteiger partial charge in [-0.25, -0.2) is 0 Å². The van der Waals surface area contributed by atoms with Crippen LogP contribution in [0.15, 0.2) is 39.5 Å². The third-order valence-electron chi connectivity index (χ3n) is 2.79. The first-order valence-corrected chi connectivity index (χ1v) is 5.94. The molecule has 0 saturated carbocycles. The van der Waals surface area contributed by atoms with Gasteiger partial charge in [0.25, 0.3) is 0 Å². The molecular weight excluding hydrogens is 273 g/mol. The zero-order valence-electron chi connectivity index (χ0n) is 9.04. The molecule has 1 heterocycles. The van der Waals surface area contributed by atoms with E-state index in [0.717, 1.165) is 0 Å². The first kappa shape index (κ1) is 11.4. The highest BCUT2D eigenvalue weighted by Gasteiger charge is 2.13. The van der Waals surface area contributed by atoms with Crippen molar-refractivity contribution in [3.63, 3.8) is 0 Å². The molecule has 2 aromatic carbocycles. The zero-order valence-corrected chi connectivity index (χ0v) is 10.5. The molecule has 0 aliphatic heterocycles. The van der Waals surface area contributed by atoms with Gasteiger partial charge in [0.1, 0.15) is 10.6 Å². The van der Waals surface area contributed by atoms with E-state index >= 15 is 0 Å². The van der Waals surface area contributed by atoms with Gasteiger partial charge in [-0.3, -0.25) is 4.79 Å². The summed E-state index contributed by atoms with van der Waals surface area (Å²) in [6, 6.07) is 8.19. The summed E-state index contributed by atoms with van der Waals surface area (Å²) in [4.78, 5) is 12.3. The van der Waals surface area contributed by atoms with Gasteiger partial charge in [0.15, 0.2) is 5.58 Å². The average molecular weight is 280 g/mol. The lowest BCUT2D eigenvalue weighted by Gasteiger charge is -2.05. The molecule has 90 valence electrons. The molecule has 0 fully saturated rings. The summed E-state index contributed by atoms with van der Waals surface area (Å²) in [7, 11) is 0. The molecule has 0 aliphatic carbocycles. The van der Waals surface area contributed by atoms with Gasteiger partial charge in [0.05, 0.1) is 15.8 Å². The maximum Gasteiger partial charge on any atom is 0.202 e. The molecule has 0 unspecified atom stereocenters. The summed E-state index contributed by atoms with van der Waals surface area (Å²) in [5, 5.41) is 1.31. The average Bonchev–Trinajstić information content (AvgIpc) is 2.34. The van der Waals surface area contributed by atoms with Crippen LogP contribution < -0.4 is 11.2 Å². The Morgan fingerprint density at radius 3 is 2.67 bits per heavy atom. The fourth-order valence-electron chi connectivity index (χ4n) is 1.93. The maximum absolute atomic E-state index is 12.3. The summed E-state index contributed by atoms with van der Waals surface area (Å²) in [5.74, 6) is 0. The Labute approximate surface area is 112 Å². The van der Waals surface area contributed by atoms with Crippen molar-refractivity contribution >= 4 is 50.8 Å². The lowest BCUT2D eigenvalue weighted by Crippen LogP contribution is -2.05. The van der Waals surface area contributed by atoms with Gasteiger partial charge >= 0.3 is 0 Å². The van der Waals surface area contributed by atoms with E-state index < -0.39 is 0 Å². The second-order valence-electron chi connectivity index (χ2n) is 3.89. The van der Waals surface area contributed by atoms with Gasteiger partial charge in [0, 0.05) is 5.69 Å². The highest BCUT2D eigenvalue weighted by Crippen LogP contribution is 2.32. The van der Waals surface area contributed by atoms with E-state index in [1.54, 1.807) is 30.3 Å². The molecule has 3 aromatic rings. The molecule has 0 amide bonds. The van der Waals surface area contributed by atoms with Crippen LogP contribution in [0.25, 0.3) is 21.9 Å². The molecule has 5 heteroatoms. The van der Waals surface area contributed by atoms with Crippen LogP contribution in [0, 0.1) is 0 Å². The smallest absolute Gasteiger partial charge is 0.202 e. The van der Waals surface area contributed by atoms with E-state index in [-0.39, 0.29) is 16.0 Å². The first-order chi connectivity index (χ1) is 8.59. The van der Waals surface area contributed by atoms with Crippen LogP contribution in [0.1, 0.15) is 0 Å². The summed E-state index contributed by atoms with van der Waals surface area (Å²) in [5.41, 5.74) is 6.66. The molecular formula is C13H7Cl2NO2. The van der Waals surface area contributed by atoms with Crippen molar-refractivity contribution in [1.82, 2.24) is 0 Å². The lowest BCUT2D eigenvalue weighted by atomic mass is 10.1. The highest BCUT2D eigenvalue weighted by atomic mass is 35.5. The Balaban J connectivity index is 2.66. The quantitative estimate of drug-likeness (QED) is 0.503. The highest BCUT2D eigenvalue weighted by molar-refractivity contribution is 6.44. The minimum absolute atomic E-state index is 0.206. The molecule has 0 aliphatic rings. The number of hydrogen-bond donors (Lipinski definition) is 1. The molecule has 0 spiro atoms. The normalized spacial score (nSPS) is 11.2. The second-order valence-corrected chi connectivity index (χ2v) is 4.67. The first-order valence-electron chi connectivity index (χ1n) is 5.18. The van der Waals surface area contributed by atoms with Gasteiger partial charge in [-0.1, -0.05) is 29.3 Å².